The first-order valence-corrected chi connectivity index (χ1v) is 8.60. The Morgan fingerprint density at radius 1 is 0.964 bits per heavy atom. The molecule has 0 saturated carbocycles. The summed E-state index contributed by atoms with van der Waals surface area (Å²) in [5, 5.41) is 2.61. The van der Waals surface area contributed by atoms with E-state index in [1.165, 1.54) is 6.92 Å². The lowest BCUT2D eigenvalue weighted by Gasteiger charge is -2.19. The second-order valence-electron chi connectivity index (χ2n) is 5.94. The van der Waals surface area contributed by atoms with E-state index in [1.54, 1.807) is 42.5 Å². The first kappa shape index (κ1) is 19.2. The van der Waals surface area contributed by atoms with Crippen molar-refractivity contribution in [2.45, 2.75) is 6.92 Å². The minimum absolute atomic E-state index is 0.0602. The quantitative estimate of drug-likeness (QED) is 0.576. The van der Waals surface area contributed by atoms with E-state index in [2.05, 4.69) is 5.32 Å². The zero-order valence-corrected chi connectivity index (χ0v) is 15.2. The molecule has 1 aliphatic heterocycles. The van der Waals surface area contributed by atoms with E-state index in [0.717, 1.165) is 0 Å². The van der Waals surface area contributed by atoms with Crippen molar-refractivity contribution in [1.82, 2.24) is 0 Å². The van der Waals surface area contributed by atoms with Crippen molar-refractivity contribution in [2.75, 3.05) is 31.7 Å². The summed E-state index contributed by atoms with van der Waals surface area (Å²) in [5.74, 6) is 0.343. The number of nitrogens with one attached hydrogen (secondary N) is 1. The molecule has 8 nitrogen and oxygen atoms in total. The van der Waals surface area contributed by atoms with E-state index >= 15 is 0 Å². The van der Waals surface area contributed by atoms with Gasteiger partial charge in [0.1, 0.15) is 19.0 Å². The molecule has 0 aliphatic carbocycles. The van der Waals surface area contributed by atoms with Gasteiger partial charge in [0, 0.05) is 17.3 Å². The van der Waals surface area contributed by atoms with Gasteiger partial charge in [0.05, 0.1) is 0 Å². The van der Waals surface area contributed by atoms with E-state index in [-0.39, 0.29) is 12.4 Å². The zero-order chi connectivity index (χ0) is 19.9. The molecular formula is C20H19NO7. The van der Waals surface area contributed by atoms with Crippen molar-refractivity contribution in [3.05, 3.63) is 48.0 Å². The molecule has 0 unspecified atom stereocenters. The fourth-order valence-electron chi connectivity index (χ4n) is 2.43. The second kappa shape index (κ2) is 8.90. The molecule has 2 aromatic rings. The van der Waals surface area contributed by atoms with Gasteiger partial charge in [-0.1, -0.05) is 0 Å². The monoisotopic (exact) mass is 385 g/mol. The van der Waals surface area contributed by atoms with Crippen LogP contribution in [0.5, 0.6) is 17.2 Å². The number of rotatable bonds is 7. The van der Waals surface area contributed by atoms with Crippen LogP contribution in [-0.4, -0.2) is 44.1 Å². The molecule has 0 bridgehead atoms. The van der Waals surface area contributed by atoms with E-state index in [4.69, 9.17) is 18.9 Å². The van der Waals surface area contributed by atoms with Crippen LogP contribution < -0.4 is 19.5 Å². The molecule has 0 saturated heterocycles. The highest BCUT2D eigenvalue weighted by Crippen LogP contribution is 2.32. The fourth-order valence-corrected chi connectivity index (χ4v) is 2.43. The summed E-state index contributed by atoms with van der Waals surface area (Å²) in [6.07, 6.45) is 0. The standard InChI is InChI=1S/C20H19NO7/c1-13(22)14-2-5-16(6-3-14)27-12-20(24)28-11-19(23)21-15-4-7-17-18(10-15)26-9-8-25-17/h2-7,10H,8-9,11-12H2,1H3,(H,21,23). The number of esters is 1. The van der Waals surface area contributed by atoms with Crippen LogP contribution in [0.4, 0.5) is 5.69 Å². The van der Waals surface area contributed by atoms with Gasteiger partial charge in [-0.3, -0.25) is 9.59 Å². The highest BCUT2D eigenvalue weighted by Gasteiger charge is 2.14. The topological polar surface area (TPSA) is 100 Å². The van der Waals surface area contributed by atoms with Crippen molar-refractivity contribution >= 4 is 23.3 Å². The molecule has 0 spiro atoms. The van der Waals surface area contributed by atoms with Crippen LogP contribution in [0.1, 0.15) is 17.3 Å². The van der Waals surface area contributed by atoms with Crippen LogP contribution in [0.15, 0.2) is 42.5 Å². The largest absolute Gasteiger partial charge is 0.486 e. The first-order chi connectivity index (χ1) is 13.5. The maximum Gasteiger partial charge on any atom is 0.344 e. The van der Waals surface area contributed by atoms with Gasteiger partial charge >= 0.3 is 5.97 Å². The van der Waals surface area contributed by atoms with E-state index < -0.39 is 18.5 Å². The van der Waals surface area contributed by atoms with Gasteiger partial charge in [-0.25, -0.2) is 4.79 Å². The van der Waals surface area contributed by atoms with Crippen LogP contribution in [0.3, 0.4) is 0 Å². The van der Waals surface area contributed by atoms with Crippen molar-refractivity contribution in [3.63, 3.8) is 0 Å². The number of anilines is 1. The minimum atomic E-state index is -0.687. The molecule has 0 radical (unpaired) electrons. The van der Waals surface area contributed by atoms with E-state index in [9.17, 15) is 14.4 Å². The molecule has 1 aliphatic rings. The number of carbonyl (C=O) groups is 3. The first-order valence-electron chi connectivity index (χ1n) is 8.60. The number of ether oxygens (including phenoxy) is 4. The minimum Gasteiger partial charge on any atom is -0.486 e. The Morgan fingerprint density at radius 3 is 2.39 bits per heavy atom. The third-order valence-electron chi connectivity index (χ3n) is 3.81. The van der Waals surface area contributed by atoms with Crippen molar-refractivity contribution in [3.8, 4) is 17.2 Å². The number of carbonyl (C=O) groups excluding carboxylic acids is 3. The summed E-state index contributed by atoms with van der Waals surface area (Å²) in [7, 11) is 0. The molecule has 1 amide bonds. The third-order valence-corrected chi connectivity index (χ3v) is 3.81. The van der Waals surface area contributed by atoms with Crippen LogP contribution >= 0.6 is 0 Å². The molecule has 1 heterocycles. The lowest BCUT2D eigenvalue weighted by molar-refractivity contribution is -0.149. The summed E-state index contributed by atoms with van der Waals surface area (Å²) in [5.41, 5.74) is 1.05. The predicted octanol–water partition coefficient (Wildman–Crippen LogP) is 2.22. The van der Waals surface area contributed by atoms with Crippen LogP contribution in [0.2, 0.25) is 0 Å². The van der Waals surface area contributed by atoms with Gasteiger partial charge in [0.25, 0.3) is 5.91 Å². The molecule has 28 heavy (non-hydrogen) atoms. The Kier molecular flexibility index (Phi) is 6.11. The van der Waals surface area contributed by atoms with Gasteiger partial charge in [0.2, 0.25) is 0 Å². The normalized spacial score (nSPS) is 12.0. The number of Topliss-reactive ketones (excluding diaryl/α,β-unsaturated/α-hetero) is 1. The lowest BCUT2D eigenvalue weighted by atomic mass is 10.1. The number of benzene rings is 2. The highest BCUT2D eigenvalue weighted by atomic mass is 16.6. The number of hydrogen-bond acceptors (Lipinski definition) is 7. The maximum absolute atomic E-state index is 11.9. The number of hydrogen-bond donors (Lipinski definition) is 1. The van der Waals surface area contributed by atoms with Crippen LogP contribution in [-0.2, 0) is 14.3 Å². The summed E-state index contributed by atoms with van der Waals surface area (Å²) in [6, 6.07) is 11.4. The van der Waals surface area contributed by atoms with Crippen molar-refractivity contribution < 1.29 is 33.3 Å². The Labute approximate surface area is 161 Å². The van der Waals surface area contributed by atoms with Crippen LogP contribution in [0.25, 0.3) is 0 Å². The molecular weight excluding hydrogens is 366 g/mol. The van der Waals surface area contributed by atoms with E-state index in [0.29, 0.717) is 41.7 Å². The molecule has 3 rings (SSSR count). The highest BCUT2D eigenvalue weighted by molar-refractivity contribution is 5.94. The van der Waals surface area contributed by atoms with Gasteiger partial charge in [-0.05, 0) is 43.3 Å². The summed E-state index contributed by atoms with van der Waals surface area (Å²) >= 11 is 0. The summed E-state index contributed by atoms with van der Waals surface area (Å²) in [6.45, 7) is 1.59. The molecule has 1 N–H and O–H groups in total. The van der Waals surface area contributed by atoms with Gasteiger partial charge in [0.15, 0.2) is 30.5 Å². The molecule has 2 aromatic carbocycles. The van der Waals surface area contributed by atoms with Crippen LogP contribution in [0, 0.1) is 0 Å². The molecule has 0 fully saturated rings. The average Bonchev–Trinajstić information content (AvgIpc) is 2.71. The van der Waals surface area contributed by atoms with Crippen molar-refractivity contribution in [2.24, 2.45) is 0 Å². The van der Waals surface area contributed by atoms with Gasteiger partial charge in [-0.2, -0.15) is 0 Å². The maximum atomic E-state index is 11.9. The van der Waals surface area contributed by atoms with Gasteiger partial charge in [-0.15, -0.1) is 0 Å². The Bertz CT molecular complexity index is 877. The zero-order valence-electron chi connectivity index (χ0n) is 15.2. The van der Waals surface area contributed by atoms with E-state index in [1.807, 2.05) is 0 Å². The summed E-state index contributed by atoms with van der Waals surface area (Å²) in [4.78, 5) is 34.9. The predicted molar refractivity (Wildman–Crippen MR) is 99.0 cm³/mol. The van der Waals surface area contributed by atoms with Gasteiger partial charge < -0.3 is 24.3 Å². The SMILES string of the molecule is CC(=O)c1ccc(OCC(=O)OCC(=O)Nc2ccc3c(c2)OCCO3)cc1. The molecule has 146 valence electrons. The number of amides is 1. The smallest absolute Gasteiger partial charge is 0.344 e. The number of fused-ring (bicyclic) bond motifs is 1. The lowest BCUT2D eigenvalue weighted by Crippen LogP contribution is -2.23. The molecule has 0 aromatic heterocycles. The second-order valence-corrected chi connectivity index (χ2v) is 5.94. The molecule has 0 atom stereocenters. The number of ketones is 1. The Hall–Kier alpha value is -3.55. The molecule has 8 heteroatoms. The fraction of sp³-hybridized carbons (Fsp3) is 0.250. The third kappa shape index (κ3) is 5.23. The Balaban J connectivity index is 1.41. The summed E-state index contributed by atoms with van der Waals surface area (Å²) < 4.78 is 21.0. The average molecular weight is 385 g/mol. The Morgan fingerprint density at radius 2 is 1.68 bits per heavy atom. The van der Waals surface area contributed by atoms with Crippen molar-refractivity contribution in [1.29, 1.82) is 0 Å².